The number of ether oxygens (including phenoxy) is 1. The fraction of sp³-hybridized carbons (Fsp3) is 0.222. The number of nitrogen functional groups attached to an aromatic ring is 1. The Hall–Kier alpha value is -3.02. The lowest BCUT2D eigenvalue weighted by molar-refractivity contribution is -0.115. The molecule has 0 aliphatic carbocycles. The molecule has 24 heavy (non-hydrogen) atoms. The van der Waals surface area contributed by atoms with Crippen molar-refractivity contribution in [2.45, 2.75) is 13.3 Å². The van der Waals surface area contributed by atoms with E-state index in [2.05, 4.69) is 5.32 Å². The van der Waals surface area contributed by atoms with Gasteiger partial charge in [-0.1, -0.05) is 12.1 Å². The van der Waals surface area contributed by atoms with E-state index in [1.165, 1.54) is 6.92 Å². The van der Waals surface area contributed by atoms with Gasteiger partial charge in [0, 0.05) is 19.2 Å². The number of imide groups is 1. The maximum atomic E-state index is 12.3. The highest BCUT2D eigenvalue weighted by Crippen LogP contribution is 2.17. The summed E-state index contributed by atoms with van der Waals surface area (Å²) in [6, 6.07) is 13.7. The van der Waals surface area contributed by atoms with E-state index in [0.717, 1.165) is 16.2 Å². The lowest BCUT2D eigenvalue weighted by atomic mass is 10.1. The monoisotopic (exact) mass is 327 g/mol. The van der Waals surface area contributed by atoms with Crippen molar-refractivity contribution < 1.29 is 14.3 Å². The van der Waals surface area contributed by atoms with Crippen molar-refractivity contribution in [1.29, 1.82) is 0 Å². The van der Waals surface area contributed by atoms with Crippen LogP contribution in [0.3, 0.4) is 0 Å². The van der Waals surface area contributed by atoms with E-state index in [9.17, 15) is 9.59 Å². The molecule has 0 aliphatic rings. The molecule has 0 bridgehead atoms. The number of anilines is 2. The number of nitrogens with zero attached hydrogens (tertiary/aromatic N) is 1. The van der Waals surface area contributed by atoms with Crippen molar-refractivity contribution in [2.24, 2.45) is 0 Å². The molecule has 3 N–H and O–H groups in total. The molecule has 0 aliphatic heterocycles. The molecule has 2 rings (SSSR count). The summed E-state index contributed by atoms with van der Waals surface area (Å²) in [7, 11) is 1.61. The number of urea groups is 1. The van der Waals surface area contributed by atoms with Gasteiger partial charge in [-0.3, -0.25) is 4.79 Å². The fourth-order valence-corrected chi connectivity index (χ4v) is 2.25. The SMILES string of the molecule is COc1ccc(CCNC(=O)N(C(C)=O)c2ccc(N)cc2)cc1. The third-order valence-corrected chi connectivity index (χ3v) is 3.52. The van der Waals surface area contributed by atoms with E-state index >= 15 is 0 Å². The van der Waals surface area contributed by atoms with Gasteiger partial charge < -0.3 is 15.8 Å². The number of nitrogens with one attached hydrogen (secondary N) is 1. The second-order valence-corrected chi connectivity index (χ2v) is 5.28. The molecule has 0 saturated carbocycles. The molecule has 0 saturated heterocycles. The molecule has 6 nitrogen and oxygen atoms in total. The van der Waals surface area contributed by atoms with Crippen LogP contribution in [0.5, 0.6) is 5.75 Å². The van der Waals surface area contributed by atoms with Crippen LogP contribution in [-0.4, -0.2) is 25.6 Å². The van der Waals surface area contributed by atoms with Crippen LogP contribution >= 0.6 is 0 Å². The van der Waals surface area contributed by atoms with Gasteiger partial charge in [0.2, 0.25) is 5.91 Å². The summed E-state index contributed by atoms with van der Waals surface area (Å²) < 4.78 is 5.10. The summed E-state index contributed by atoms with van der Waals surface area (Å²) in [6.07, 6.45) is 0.656. The number of methoxy groups -OCH3 is 1. The first-order valence-electron chi connectivity index (χ1n) is 7.58. The number of benzene rings is 2. The Labute approximate surface area is 141 Å². The summed E-state index contributed by atoms with van der Waals surface area (Å²) >= 11 is 0. The molecule has 0 unspecified atom stereocenters. The number of hydrogen-bond acceptors (Lipinski definition) is 4. The summed E-state index contributed by atoms with van der Waals surface area (Å²) in [5.41, 5.74) is 7.76. The Balaban J connectivity index is 1.95. The third kappa shape index (κ3) is 4.49. The topological polar surface area (TPSA) is 84.7 Å². The van der Waals surface area contributed by atoms with Gasteiger partial charge in [-0.25, -0.2) is 9.69 Å². The fourth-order valence-electron chi connectivity index (χ4n) is 2.25. The molecule has 0 heterocycles. The van der Waals surface area contributed by atoms with Crippen molar-refractivity contribution in [3.8, 4) is 5.75 Å². The smallest absolute Gasteiger partial charge is 0.328 e. The van der Waals surface area contributed by atoms with Crippen LogP contribution in [0.2, 0.25) is 0 Å². The first-order valence-corrected chi connectivity index (χ1v) is 7.58. The predicted molar refractivity (Wildman–Crippen MR) is 94.1 cm³/mol. The Morgan fingerprint density at radius 1 is 1.08 bits per heavy atom. The van der Waals surface area contributed by atoms with Gasteiger partial charge in [-0.2, -0.15) is 0 Å². The second kappa shape index (κ2) is 8.01. The Kier molecular flexibility index (Phi) is 5.78. The van der Waals surface area contributed by atoms with E-state index in [4.69, 9.17) is 10.5 Å². The molecule has 0 fully saturated rings. The minimum Gasteiger partial charge on any atom is -0.497 e. The third-order valence-electron chi connectivity index (χ3n) is 3.52. The van der Waals surface area contributed by atoms with E-state index in [1.807, 2.05) is 24.3 Å². The van der Waals surface area contributed by atoms with E-state index in [0.29, 0.717) is 24.3 Å². The van der Waals surface area contributed by atoms with Gasteiger partial charge in [0.25, 0.3) is 0 Å². The lowest BCUT2D eigenvalue weighted by Gasteiger charge is -2.20. The summed E-state index contributed by atoms with van der Waals surface area (Å²) in [6.45, 7) is 1.77. The lowest BCUT2D eigenvalue weighted by Crippen LogP contribution is -2.43. The molecule has 3 amide bonds. The second-order valence-electron chi connectivity index (χ2n) is 5.28. The van der Waals surface area contributed by atoms with Crippen LogP contribution < -0.4 is 20.7 Å². The summed E-state index contributed by atoms with van der Waals surface area (Å²) in [4.78, 5) is 25.2. The highest BCUT2D eigenvalue weighted by Gasteiger charge is 2.19. The quantitative estimate of drug-likeness (QED) is 0.827. The van der Waals surface area contributed by atoms with Crippen molar-refractivity contribution in [1.82, 2.24) is 5.32 Å². The van der Waals surface area contributed by atoms with E-state index < -0.39 is 6.03 Å². The Morgan fingerprint density at radius 3 is 2.25 bits per heavy atom. The van der Waals surface area contributed by atoms with E-state index in [1.54, 1.807) is 31.4 Å². The van der Waals surface area contributed by atoms with Gasteiger partial charge in [-0.05, 0) is 48.4 Å². The van der Waals surface area contributed by atoms with Gasteiger partial charge in [0.15, 0.2) is 0 Å². The maximum Gasteiger partial charge on any atom is 0.328 e. The highest BCUT2D eigenvalue weighted by molar-refractivity contribution is 6.13. The van der Waals surface area contributed by atoms with E-state index in [-0.39, 0.29) is 5.91 Å². The van der Waals surface area contributed by atoms with Crippen molar-refractivity contribution in [2.75, 3.05) is 24.3 Å². The summed E-state index contributed by atoms with van der Waals surface area (Å²) in [5.74, 6) is 0.426. The van der Waals surface area contributed by atoms with Crippen LogP contribution in [-0.2, 0) is 11.2 Å². The van der Waals surface area contributed by atoms with Gasteiger partial charge in [-0.15, -0.1) is 0 Å². The molecule has 0 radical (unpaired) electrons. The minimum absolute atomic E-state index is 0.360. The largest absolute Gasteiger partial charge is 0.497 e. The number of carbonyl (C=O) groups is 2. The maximum absolute atomic E-state index is 12.3. The Bertz CT molecular complexity index is 696. The summed E-state index contributed by atoms with van der Waals surface area (Å²) in [5, 5.41) is 2.76. The highest BCUT2D eigenvalue weighted by atomic mass is 16.5. The molecule has 2 aromatic carbocycles. The minimum atomic E-state index is -0.458. The van der Waals surface area contributed by atoms with Crippen LogP contribution in [0.4, 0.5) is 16.2 Å². The molecule has 0 aromatic heterocycles. The average Bonchev–Trinajstić information content (AvgIpc) is 2.57. The normalized spacial score (nSPS) is 10.1. The first kappa shape index (κ1) is 17.3. The number of nitrogens with two attached hydrogens (primary N) is 1. The number of rotatable bonds is 5. The molecule has 0 atom stereocenters. The van der Waals surface area contributed by atoms with Gasteiger partial charge >= 0.3 is 6.03 Å². The van der Waals surface area contributed by atoms with Crippen molar-refractivity contribution in [3.63, 3.8) is 0 Å². The molecular formula is C18H21N3O3. The number of amides is 3. The van der Waals surface area contributed by atoms with Crippen LogP contribution in [0.15, 0.2) is 48.5 Å². The molecule has 0 spiro atoms. The van der Waals surface area contributed by atoms with Crippen LogP contribution in [0.25, 0.3) is 0 Å². The Morgan fingerprint density at radius 2 is 1.71 bits per heavy atom. The van der Waals surface area contributed by atoms with Crippen LogP contribution in [0, 0.1) is 0 Å². The van der Waals surface area contributed by atoms with Gasteiger partial charge in [0.1, 0.15) is 5.75 Å². The molecular weight excluding hydrogens is 306 g/mol. The van der Waals surface area contributed by atoms with Crippen molar-refractivity contribution >= 4 is 23.3 Å². The standard InChI is InChI=1S/C18H21N3O3/c1-13(22)21(16-7-5-15(19)6-8-16)18(23)20-12-11-14-3-9-17(24-2)10-4-14/h3-10H,11-12,19H2,1-2H3,(H,20,23). The first-order chi connectivity index (χ1) is 11.5. The molecule has 126 valence electrons. The number of hydrogen-bond donors (Lipinski definition) is 2. The van der Waals surface area contributed by atoms with Crippen LogP contribution in [0.1, 0.15) is 12.5 Å². The molecule has 6 heteroatoms. The zero-order chi connectivity index (χ0) is 17.5. The number of carbonyl (C=O) groups excluding carboxylic acids is 2. The van der Waals surface area contributed by atoms with Gasteiger partial charge in [0.05, 0.1) is 12.8 Å². The zero-order valence-electron chi connectivity index (χ0n) is 13.8. The average molecular weight is 327 g/mol. The predicted octanol–water partition coefficient (Wildman–Crippen LogP) is 2.58. The van der Waals surface area contributed by atoms with Crippen molar-refractivity contribution in [3.05, 3.63) is 54.1 Å². The zero-order valence-corrected chi connectivity index (χ0v) is 13.8. The molecule has 2 aromatic rings.